The summed E-state index contributed by atoms with van der Waals surface area (Å²) < 4.78 is 11.0. The van der Waals surface area contributed by atoms with Gasteiger partial charge in [0.25, 0.3) is 0 Å². The standard InChI is InChI=1S/C16H19NO2/c1-12-4-5-14(18-2)13(8-12)16(10-19-11-16)15(9-17)6-3-7-15/h4-5,8H,3,6-7,10-11H2,1-2H3. The SMILES string of the molecule is COc1ccc(C)cc1C1(C2(C#N)CCC2)COC1. The third-order valence-electron chi connectivity index (χ3n) is 4.90. The summed E-state index contributed by atoms with van der Waals surface area (Å²) in [5.41, 5.74) is 1.93. The molecule has 1 heterocycles. The van der Waals surface area contributed by atoms with Gasteiger partial charge in [0.1, 0.15) is 5.75 Å². The number of nitriles is 1. The normalized spacial score (nSPS) is 22.8. The minimum absolute atomic E-state index is 0.169. The van der Waals surface area contributed by atoms with Crippen LogP contribution in [-0.4, -0.2) is 20.3 Å². The van der Waals surface area contributed by atoms with E-state index in [2.05, 4.69) is 25.1 Å². The third kappa shape index (κ3) is 1.53. The van der Waals surface area contributed by atoms with E-state index in [-0.39, 0.29) is 10.8 Å². The molecule has 1 aliphatic heterocycles. The van der Waals surface area contributed by atoms with Crippen molar-refractivity contribution in [3.63, 3.8) is 0 Å². The van der Waals surface area contributed by atoms with E-state index < -0.39 is 0 Å². The first-order chi connectivity index (χ1) is 9.17. The predicted molar refractivity (Wildman–Crippen MR) is 72.1 cm³/mol. The molecule has 0 amide bonds. The number of hydrogen-bond donors (Lipinski definition) is 0. The molecule has 0 radical (unpaired) electrons. The topological polar surface area (TPSA) is 42.2 Å². The fraction of sp³-hybridized carbons (Fsp3) is 0.562. The average Bonchev–Trinajstić information content (AvgIpc) is 2.31. The van der Waals surface area contributed by atoms with Crippen LogP contribution in [0.1, 0.15) is 30.4 Å². The monoisotopic (exact) mass is 257 g/mol. The first-order valence-electron chi connectivity index (χ1n) is 6.82. The Morgan fingerprint density at radius 2 is 2.05 bits per heavy atom. The second-order valence-corrected chi connectivity index (χ2v) is 5.83. The maximum atomic E-state index is 9.69. The van der Waals surface area contributed by atoms with Crippen LogP contribution >= 0.6 is 0 Å². The van der Waals surface area contributed by atoms with Gasteiger partial charge in [0.2, 0.25) is 0 Å². The summed E-state index contributed by atoms with van der Waals surface area (Å²) in [6, 6.07) is 8.82. The van der Waals surface area contributed by atoms with Gasteiger partial charge < -0.3 is 9.47 Å². The fourth-order valence-corrected chi connectivity index (χ4v) is 3.42. The van der Waals surface area contributed by atoms with Crippen molar-refractivity contribution >= 4 is 0 Å². The largest absolute Gasteiger partial charge is 0.496 e. The van der Waals surface area contributed by atoms with E-state index in [9.17, 15) is 5.26 Å². The van der Waals surface area contributed by atoms with E-state index in [1.807, 2.05) is 6.07 Å². The molecule has 0 N–H and O–H groups in total. The summed E-state index contributed by atoms with van der Waals surface area (Å²) in [5.74, 6) is 0.885. The van der Waals surface area contributed by atoms with E-state index >= 15 is 0 Å². The van der Waals surface area contributed by atoms with Crippen molar-refractivity contribution in [3.05, 3.63) is 29.3 Å². The van der Waals surface area contributed by atoms with E-state index in [1.165, 1.54) is 5.56 Å². The molecule has 3 rings (SSSR count). The van der Waals surface area contributed by atoms with E-state index in [0.29, 0.717) is 13.2 Å². The van der Waals surface area contributed by atoms with Gasteiger partial charge in [-0.2, -0.15) is 5.26 Å². The molecule has 1 aromatic rings. The molecule has 2 fully saturated rings. The highest BCUT2D eigenvalue weighted by molar-refractivity contribution is 5.47. The average molecular weight is 257 g/mol. The van der Waals surface area contributed by atoms with Gasteiger partial charge in [-0.25, -0.2) is 0 Å². The zero-order valence-electron chi connectivity index (χ0n) is 11.5. The lowest BCUT2D eigenvalue weighted by Gasteiger charge is -2.56. The highest BCUT2D eigenvalue weighted by atomic mass is 16.5. The second-order valence-electron chi connectivity index (χ2n) is 5.83. The molecule has 1 saturated heterocycles. The van der Waals surface area contributed by atoms with Gasteiger partial charge in [0.15, 0.2) is 0 Å². The first kappa shape index (κ1) is 12.5. The number of ether oxygens (including phenoxy) is 2. The van der Waals surface area contributed by atoms with Crippen molar-refractivity contribution in [1.82, 2.24) is 0 Å². The van der Waals surface area contributed by atoms with Crippen molar-refractivity contribution in [2.45, 2.75) is 31.6 Å². The van der Waals surface area contributed by atoms with Crippen molar-refractivity contribution in [3.8, 4) is 11.8 Å². The van der Waals surface area contributed by atoms with Crippen LogP contribution in [-0.2, 0) is 10.2 Å². The molecule has 0 aromatic heterocycles. The van der Waals surface area contributed by atoms with Crippen LogP contribution in [0.15, 0.2) is 18.2 Å². The van der Waals surface area contributed by atoms with Crippen LogP contribution < -0.4 is 4.74 Å². The summed E-state index contributed by atoms with van der Waals surface area (Å²) in [6.07, 6.45) is 3.09. The molecule has 3 heteroatoms. The molecule has 19 heavy (non-hydrogen) atoms. The zero-order valence-corrected chi connectivity index (χ0v) is 11.5. The Hall–Kier alpha value is -1.53. The minimum atomic E-state index is -0.258. The summed E-state index contributed by atoms with van der Waals surface area (Å²) in [6.45, 7) is 3.36. The zero-order chi connectivity index (χ0) is 13.5. The maximum absolute atomic E-state index is 9.69. The van der Waals surface area contributed by atoms with Crippen LogP contribution in [0.5, 0.6) is 5.75 Å². The lowest BCUT2D eigenvalue weighted by atomic mass is 9.50. The molecule has 2 aliphatic rings. The minimum Gasteiger partial charge on any atom is -0.496 e. The molecule has 0 spiro atoms. The Balaban J connectivity index is 2.13. The predicted octanol–water partition coefficient (Wildman–Crippen LogP) is 2.97. The van der Waals surface area contributed by atoms with Gasteiger partial charge in [-0.3, -0.25) is 0 Å². The number of aryl methyl sites for hydroxylation is 1. The van der Waals surface area contributed by atoms with Gasteiger partial charge in [-0.05, 0) is 25.8 Å². The number of hydrogen-bond acceptors (Lipinski definition) is 3. The summed E-state index contributed by atoms with van der Waals surface area (Å²) in [5, 5.41) is 9.69. The molecular formula is C16H19NO2. The van der Waals surface area contributed by atoms with Gasteiger partial charge >= 0.3 is 0 Å². The van der Waals surface area contributed by atoms with Crippen LogP contribution in [0, 0.1) is 23.7 Å². The van der Waals surface area contributed by atoms with Crippen LogP contribution in [0.4, 0.5) is 0 Å². The Morgan fingerprint density at radius 1 is 1.32 bits per heavy atom. The van der Waals surface area contributed by atoms with Crippen LogP contribution in [0.3, 0.4) is 0 Å². The quantitative estimate of drug-likeness (QED) is 0.836. The molecule has 1 aliphatic carbocycles. The fourth-order valence-electron chi connectivity index (χ4n) is 3.42. The molecule has 100 valence electrons. The number of nitrogens with zero attached hydrogens (tertiary/aromatic N) is 1. The number of methoxy groups -OCH3 is 1. The van der Waals surface area contributed by atoms with Gasteiger partial charge in [-0.1, -0.05) is 24.1 Å². The highest BCUT2D eigenvalue weighted by Crippen LogP contribution is 2.59. The Bertz CT molecular complexity index is 536. The smallest absolute Gasteiger partial charge is 0.122 e. The Morgan fingerprint density at radius 3 is 2.47 bits per heavy atom. The lowest BCUT2D eigenvalue weighted by Crippen LogP contribution is -2.61. The maximum Gasteiger partial charge on any atom is 0.122 e. The lowest BCUT2D eigenvalue weighted by molar-refractivity contribution is -0.135. The van der Waals surface area contributed by atoms with Crippen LogP contribution in [0.25, 0.3) is 0 Å². The number of benzene rings is 1. The summed E-state index contributed by atoms with van der Waals surface area (Å²) in [4.78, 5) is 0. The van der Waals surface area contributed by atoms with E-state index in [4.69, 9.17) is 9.47 Å². The Kier molecular flexibility index (Phi) is 2.79. The van der Waals surface area contributed by atoms with Gasteiger partial charge in [0.05, 0.1) is 37.2 Å². The summed E-state index contributed by atoms with van der Waals surface area (Å²) in [7, 11) is 1.70. The molecule has 0 bridgehead atoms. The van der Waals surface area contributed by atoms with Crippen molar-refractivity contribution in [2.75, 3.05) is 20.3 Å². The number of rotatable bonds is 3. The van der Waals surface area contributed by atoms with Crippen molar-refractivity contribution < 1.29 is 9.47 Å². The second kappa shape index (κ2) is 4.25. The molecule has 1 aromatic carbocycles. The highest BCUT2D eigenvalue weighted by Gasteiger charge is 2.61. The first-order valence-corrected chi connectivity index (χ1v) is 6.82. The van der Waals surface area contributed by atoms with Crippen LogP contribution in [0.2, 0.25) is 0 Å². The third-order valence-corrected chi connectivity index (χ3v) is 4.90. The molecule has 0 unspecified atom stereocenters. The molecular weight excluding hydrogens is 238 g/mol. The van der Waals surface area contributed by atoms with E-state index in [0.717, 1.165) is 30.6 Å². The van der Waals surface area contributed by atoms with Gasteiger partial charge in [-0.15, -0.1) is 0 Å². The molecule has 3 nitrogen and oxygen atoms in total. The molecule has 1 saturated carbocycles. The molecule has 0 atom stereocenters. The summed E-state index contributed by atoms with van der Waals surface area (Å²) >= 11 is 0. The van der Waals surface area contributed by atoms with Crippen molar-refractivity contribution in [1.29, 1.82) is 5.26 Å². The van der Waals surface area contributed by atoms with Gasteiger partial charge in [0, 0.05) is 5.56 Å². The van der Waals surface area contributed by atoms with E-state index in [1.54, 1.807) is 7.11 Å². The van der Waals surface area contributed by atoms with Crippen molar-refractivity contribution in [2.24, 2.45) is 5.41 Å². The Labute approximate surface area is 114 Å².